The Kier molecular flexibility index (Phi) is 5.97. The van der Waals surface area contributed by atoms with E-state index < -0.39 is 6.10 Å². The van der Waals surface area contributed by atoms with Crippen molar-refractivity contribution in [3.63, 3.8) is 0 Å². The minimum absolute atomic E-state index is 0.216. The SMILES string of the molecule is Cc1nn(C)cc1CNCC(O)COCC1CCCO1. The van der Waals surface area contributed by atoms with Gasteiger partial charge in [-0.05, 0) is 19.8 Å². The fourth-order valence-corrected chi connectivity index (χ4v) is 2.37. The predicted molar refractivity (Wildman–Crippen MR) is 75.5 cm³/mol. The smallest absolute Gasteiger partial charge is 0.0897 e. The molecule has 1 aromatic rings. The Morgan fingerprint density at radius 2 is 2.50 bits per heavy atom. The van der Waals surface area contributed by atoms with Gasteiger partial charge in [0.05, 0.1) is 31.1 Å². The van der Waals surface area contributed by atoms with Crippen LogP contribution in [0.1, 0.15) is 24.1 Å². The van der Waals surface area contributed by atoms with Crippen molar-refractivity contribution in [2.75, 3.05) is 26.4 Å². The number of rotatable bonds is 8. The van der Waals surface area contributed by atoms with Crippen molar-refractivity contribution in [3.8, 4) is 0 Å². The maximum Gasteiger partial charge on any atom is 0.0897 e. The van der Waals surface area contributed by atoms with E-state index in [4.69, 9.17) is 9.47 Å². The summed E-state index contributed by atoms with van der Waals surface area (Å²) in [5.74, 6) is 0. The molecule has 0 radical (unpaired) electrons. The summed E-state index contributed by atoms with van der Waals surface area (Å²) in [6.45, 7) is 4.97. The second-order valence-electron chi connectivity index (χ2n) is 5.37. The molecule has 0 aromatic carbocycles. The van der Waals surface area contributed by atoms with Crippen LogP contribution in [0.25, 0.3) is 0 Å². The van der Waals surface area contributed by atoms with Crippen molar-refractivity contribution in [1.29, 1.82) is 0 Å². The Labute approximate surface area is 120 Å². The Morgan fingerprint density at radius 1 is 1.65 bits per heavy atom. The third-order valence-corrected chi connectivity index (χ3v) is 3.45. The van der Waals surface area contributed by atoms with E-state index in [0.717, 1.165) is 30.7 Å². The van der Waals surface area contributed by atoms with Crippen LogP contribution in [-0.2, 0) is 23.1 Å². The number of hydrogen-bond acceptors (Lipinski definition) is 5. The van der Waals surface area contributed by atoms with E-state index in [2.05, 4.69) is 10.4 Å². The molecule has 1 aliphatic rings. The maximum atomic E-state index is 9.83. The Morgan fingerprint density at radius 3 is 3.15 bits per heavy atom. The fraction of sp³-hybridized carbons (Fsp3) is 0.786. The third kappa shape index (κ3) is 4.86. The summed E-state index contributed by atoms with van der Waals surface area (Å²) in [5.41, 5.74) is 2.17. The molecule has 0 saturated carbocycles. The fourth-order valence-electron chi connectivity index (χ4n) is 2.37. The summed E-state index contributed by atoms with van der Waals surface area (Å²) in [6, 6.07) is 0. The van der Waals surface area contributed by atoms with Crippen LogP contribution in [-0.4, -0.2) is 53.5 Å². The molecule has 1 fully saturated rings. The Hall–Kier alpha value is -0.950. The number of nitrogens with one attached hydrogen (secondary N) is 1. The van der Waals surface area contributed by atoms with Gasteiger partial charge in [0.25, 0.3) is 0 Å². The van der Waals surface area contributed by atoms with E-state index in [1.165, 1.54) is 0 Å². The minimum Gasteiger partial charge on any atom is -0.389 e. The normalized spacial score (nSPS) is 20.4. The zero-order chi connectivity index (χ0) is 14.4. The number of ether oxygens (including phenoxy) is 2. The van der Waals surface area contributed by atoms with E-state index in [0.29, 0.717) is 26.3 Å². The van der Waals surface area contributed by atoms with Gasteiger partial charge in [-0.25, -0.2) is 0 Å². The zero-order valence-corrected chi connectivity index (χ0v) is 12.3. The van der Waals surface area contributed by atoms with E-state index in [1.54, 1.807) is 4.68 Å². The molecule has 20 heavy (non-hydrogen) atoms. The molecule has 0 amide bonds. The van der Waals surface area contributed by atoms with Gasteiger partial charge < -0.3 is 19.9 Å². The molecular formula is C14H25N3O3. The van der Waals surface area contributed by atoms with E-state index in [9.17, 15) is 5.11 Å². The summed E-state index contributed by atoms with van der Waals surface area (Å²) < 4.78 is 12.7. The molecule has 114 valence electrons. The van der Waals surface area contributed by atoms with Gasteiger partial charge >= 0.3 is 0 Å². The topological polar surface area (TPSA) is 68.5 Å². The first-order valence-corrected chi connectivity index (χ1v) is 7.22. The number of aliphatic hydroxyl groups is 1. The summed E-state index contributed by atoms with van der Waals surface area (Å²) in [4.78, 5) is 0. The first kappa shape index (κ1) is 15.4. The molecule has 1 saturated heterocycles. The standard InChI is InChI=1S/C14H25N3O3/c1-11-12(8-17(2)16-11)6-15-7-13(18)9-19-10-14-4-3-5-20-14/h8,13-15,18H,3-7,9-10H2,1-2H3. The Balaban J connectivity index is 1.55. The van der Waals surface area contributed by atoms with Gasteiger partial charge in [-0.3, -0.25) is 4.68 Å². The molecule has 1 aliphatic heterocycles. The Bertz CT molecular complexity index is 402. The lowest BCUT2D eigenvalue weighted by atomic mass is 10.2. The lowest BCUT2D eigenvalue weighted by Crippen LogP contribution is -2.31. The van der Waals surface area contributed by atoms with Gasteiger partial charge in [-0.1, -0.05) is 0 Å². The van der Waals surface area contributed by atoms with Gasteiger partial charge in [-0.2, -0.15) is 5.10 Å². The summed E-state index contributed by atoms with van der Waals surface area (Å²) >= 11 is 0. The number of aryl methyl sites for hydroxylation is 2. The largest absolute Gasteiger partial charge is 0.389 e. The van der Waals surface area contributed by atoms with Crippen LogP contribution in [0.2, 0.25) is 0 Å². The van der Waals surface area contributed by atoms with Crippen molar-refractivity contribution < 1.29 is 14.6 Å². The zero-order valence-electron chi connectivity index (χ0n) is 12.3. The molecule has 0 aliphatic carbocycles. The average Bonchev–Trinajstić information content (AvgIpc) is 3.00. The van der Waals surface area contributed by atoms with Crippen molar-refractivity contribution in [3.05, 3.63) is 17.5 Å². The molecule has 2 heterocycles. The van der Waals surface area contributed by atoms with Crippen LogP contribution in [0.15, 0.2) is 6.20 Å². The molecular weight excluding hydrogens is 258 g/mol. The first-order chi connectivity index (χ1) is 9.65. The van der Waals surface area contributed by atoms with E-state index in [-0.39, 0.29) is 6.10 Å². The molecule has 2 unspecified atom stereocenters. The van der Waals surface area contributed by atoms with Crippen LogP contribution in [0.4, 0.5) is 0 Å². The van der Waals surface area contributed by atoms with Crippen molar-refractivity contribution >= 4 is 0 Å². The van der Waals surface area contributed by atoms with Gasteiger partial charge in [0.15, 0.2) is 0 Å². The summed E-state index contributed by atoms with van der Waals surface area (Å²) in [5, 5.41) is 17.3. The van der Waals surface area contributed by atoms with Crippen LogP contribution >= 0.6 is 0 Å². The minimum atomic E-state index is -0.492. The second kappa shape index (κ2) is 7.73. The predicted octanol–water partition coefficient (Wildman–Crippen LogP) is 0.375. The lowest BCUT2D eigenvalue weighted by Gasteiger charge is -2.14. The number of nitrogens with zero attached hydrogens (tertiary/aromatic N) is 2. The molecule has 6 heteroatoms. The van der Waals surface area contributed by atoms with Gasteiger partial charge in [0, 0.05) is 38.5 Å². The van der Waals surface area contributed by atoms with E-state index >= 15 is 0 Å². The highest BCUT2D eigenvalue weighted by molar-refractivity contribution is 5.14. The molecule has 0 bridgehead atoms. The van der Waals surface area contributed by atoms with Crippen LogP contribution < -0.4 is 5.32 Å². The van der Waals surface area contributed by atoms with Gasteiger partial charge in [-0.15, -0.1) is 0 Å². The molecule has 1 aromatic heterocycles. The number of hydrogen-bond donors (Lipinski definition) is 2. The molecule has 6 nitrogen and oxygen atoms in total. The van der Waals surface area contributed by atoms with Gasteiger partial charge in [0.1, 0.15) is 0 Å². The second-order valence-corrected chi connectivity index (χ2v) is 5.37. The summed E-state index contributed by atoms with van der Waals surface area (Å²) in [7, 11) is 1.91. The van der Waals surface area contributed by atoms with Gasteiger partial charge in [0.2, 0.25) is 0 Å². The third-order valence-electron chi connectivity index (χ3n) is 3.45. The number of aliphatic hydroxyl groups excluding tert-OH is 1. The monoisotopic (exact) mass is 283 g/mol. The quantitative estimate of drug-likeness (QED) is 0.721. The number of aromatic nitrogens is 2. The highest BCUT2D eigenvalue weighted by Gasteiger charge is 2.16. The summed E-state index contributed by atoms with van der Waals surface area (Å²) in [6.07, 6.45) is 3.89. The van der Waals surface area contributed by atoms with Crippen molar-refractivity contribution in [1.82, 2.24) is 15.1 Å². The molecule has 2 rings (SSSR count). The highest BCUT2D eigenvalue weighted by Crippen LogP contribution is 2.11. The average molecular weight is 283 g/mol. The molecule has 2 N–H and O–H groups in total. The highest BCUT2D eigenvalue weighted by atomic mass is 16.5. The first-order valence-electron chi connectivity index (χ1n) is 7.22. The van der Waals surface area contributed by atoms with Crippen LogP contribution in [0, 0.1) is 6.92 Å². The maximum absolute atomic E-state index is 9.83. The van der Waals surface area contributed by atoms with Crippen LogP contribution in [0.3, 0.4) is 0 Å². The molecule has 2 atom stereocenters. The van der Waals surface area contributed by atoms with Crippen molar-refractivity contribution in [2.24, 2.45) is 7.05 Å². The van der Waals surface area contributed by atoms with Crippen LogP contribution in [0.5, 0.6) is 0 Å². The van der Waals surface area contributed by atoms with E-state index in [1.807, 2.05) is 20.2 Å². The lowest BCUT2D eigenvalue weighted by molar-refractivity contribution is -0.0164. The van der Waals surface area contributed by atoms with Crippen molar-refractivity contribution in [2.45, 2.75) is 38.5 Å². The molecule has 0 spiro atoms.